The summed E-state index contributed by atoms with van der Waals surface area (Å²) in [4.78, 5) is 24.4. The second-order valence-corrected chi connectivity index (χ2v) is 8.82. The molecular formula is C28H31ClN4O7. The summed E-state index contributed by atoms with van der Waals surface area (Å²) in [5.74, 6) is 0.355. The van der Waals surface area contributed by atoms with E-state index < -0.39 is 4.92 Å². The fourth-order valence-electron chi connectivity index (χ4n) is 3.58. The highest BCUT2D eigenvalue weighted by Crippen LogP contribution is 2.30. The Kier molecular flexibility index (Phi) is 12.3. The quantitative estimate of drug-likeness (QED) is 0.0765. The molecular weight excluding hydrogens is 540 g/mol. The number of anilines is 1. The van der Waals surface area contributed by atoms with Crippen LogP contribution in [0, 0.1) is 10.1 Å². The molecule has 0 heterocycles. The number of non-ortho nitro benzene ring substituents is 1. The molecule has 0 aliphatic heterocycles. The number of nitro benzene ring substituents is 1. The number of azo groups is 1. The number of rotatable bonds is 16. The third-order valence-electron chi connectivity index (χ3n) is 5.64. The minimum atomic E-state index is -0.519. The molecule has 212 valence electrons. The van der Waals surface area contributed by atoms with Crippen molar-refractivity contribution in [1.82, 2.24) is 0 Å². The van der Waals surface area contributed by atoms with Gasteiger partial charge >= 0.3 is 5.97 Å². The van der Waals surface area contributed by atoms with Crippen molar-refractivity contribution in [2.24, 2.45) is 10.2 Å². The Balaban J connectivity index is 1.45. The van der Waals surface area contributed by atoms with E-state index in [9.17, 15) is 14.9 Å². The van der Waals surface area contributed by atoms with E-state index in [0.717, 1.165) is 17.8 Å². The van der Waals surface area contributed by atoms with Gasteiger partial charge in [-0.1, -0.05) is 23.7 Å². The molecule has 0 amide bonds. The van der Waals surface area contributed by atoms with Crippen molar-refractivity contribution in [1.29, 1.82) is 0 Å². The Bertz CT molecular complexity index is 1270. The standard InChI is InChI=1S/C28H31ClN4O7/c1-2-32(13-15-39-25-10-3-21(4-11-25)19-28(35)40-18-17-38-16-14-34)23-7-5-22(6-8-23)30-31-27-12-9-24(33(36)37)20-26(27)29/h3-12,20,34H,2,13-19H2,1H3. The number of ether oxygens (including phenoxy) is 3. The molecule has 0 bridgehead atoms. The van der Waals surface area contributed by atoms with E-state index >= 15 is 0 Å². The van der Waals surface area contributed by atoms with Crippen LogP contribution in [0.5, 0.6) is 5.75 Å². The van der Waals surface area contributed by atoms with E-state index in [1.165, 1.54) is 18.2 Å². The third kappa shape index (κ3) is 9.92. The highest BCUT2D eigenvalue weighted by Gasteiger charge is 2.10. The van der Waals surface area contributed by atoms with Crippen molar-refractivity contribution in [2.45, 2.75) is 13.3 Å². The van der Waals surface area contributed by atoms with Gasteiger partial charge in [-0.3, -0.25) is 14.9 Å². The van der Waals surface area contributed by atoms with Crippen LogP contribution in [0.4, 0.5) is 22.7 Å². The van der Waals surface area contributed by atoms with E-state index in [1.54, 1.807) is 0 Å². The zero-order valence-corrected chi connectivity index (χ0v) is 22.8. The lowest BCUT2D eigenvalue weighted by Gasteiger charge is -2.23. The maximum Gasteiger partial charge on any atom is 0.310 e. The minimum absolute atomic E-state index is 0.0645. The molecule has 0 aliphatic carbocycles. The number of aliphatic hydroxyl groups is 1. The molecule has 12 heteroatoms. The van der Waals surface area contributed by atoms with Crippen LogP contribution >= 0.6 is 11.6 Å². The number of halogens is 1. The number of hydrogen-bond donors (Lipinski definition) is 1. The Morgan fingerprint density at radius 1 is 1.00 bits per heavy atom. The van der Waals surface area contributed by atoms with Crippen molar-refractivity contribution < 1.29 is 29.0 Å². The van der Waals surface area contributed by atoms with Gasteiger partial charge in [-0.15, -0.1) is 5.11 Å². The number of benzene rings is 3. The van der Waals surface area contributed by atoms with Crippen molar-refractivity contribution in [3.05, 3.63) is 87.4 Å². The van der Waals surface area contributed by atoms with E-state index in [4.69, 9.17) is 30.9 Å². The topological polar surface area (TPSA) is 136 Å². The van der Waals surface area contributed by atoms with Gasteiger partial charge < -0.3 is 24.2 Å². The van der Waals surface area contributed by atoms with Gasteiger partial charge in [0, 0.05) is 24.4 Å². The number of hydrogen-bond acceptors (Lipinski definition) is 10. The summed E-state index contributed by atoms with van der Waals surface area (Å²) in [5.41, 5.74) is 2.66. The molecule has 0 aromatic heterocycles. The lowest BCUT2D eigenvalue weighted by molar-refractivity contribution is -0.384. The molecule has 0 saturated carbocycles. The predicted molar refractivity (Wildman–Crippen MR) is 151 cm³/mol. The summed E-state index contributed by atoms with van der Waals surface area (Å²) >= 11 is 6.07. The van der Waals surface area contributed by atoms with Crippen molar-refractivity contribution in [3.63, 3.8) is 0 Å². The molecule has 0 atom stereocenters. The number of aliphatic hydroxyl groups excluding tert-OH is 1. The zero-order chi connectivity index (χ0) is 28.7. The van der Waals surface area contributed by atoms with Crippen LogP contribution in [0.3, 0.4) is 0 Å². The van der Waals surface area contributed by atoms with Gasteiger partial charge in [-0.25, -0.2) is 0 Å². The Hall–Kier alpha value is -4.06. The van der Waals surface area contributed by atoms with Gasteiger partial charge in [0.1, 0.15) is 24.7 Å². The van der Waals surface area contributed by atoms with Crippen LogP contribution in [0.1, 0.15) is 12.5 Å². The Morgan fingerprint density at radius 3 is 2.40 bits per heavy atom. The van der Waals surface area contributed by atoms with Crippen LogP contribution in [-0.4, -0.2) is 62.1 Å². The monoisotopic (exact) mass is 570 g/mol. The van der Waals surface area contributed by atoms with E-state index in [-0.39, 0.29) is 49.5 Å². The number of nitro groups is 1. The van der Waals surface area contributed by atoms with Crippen molar-refractivity contribution in [2.75, 3.05) is 51.0 Å². The molecule has 0 unspecified atom stereocenters. The maximum absolute atomic E-state index is 11.9. The molecule has 0 aliphatic rings. The Morgan fingerprint density at radius 2 is 1.75 bits per heavy atom. The SMILES string of the molecule is CCN(CCOc1ccc(CC(=O)OCCOCCO)cc1)c1ccc(N=Nc2ccc([N+](=O)[O-])cc2Cl)cc1. The summed E-state index contributed by atoms with van der Waals surface area (Å²) in [5, 5.41) is 27.9. The average Bonchev–Trinajstić information content (AvgIpc) is 2.96. The first kappa shape index (κ1) is 30.5. The summed E-state index contributed by atoms with van der Waals surface area (Å²) in [6.07, 6.45) is 0.153. The van der Waals surface area contributed by atoms with E-state index in [2.05, 4.69) is 22.1 Å². The normalized spacial score (nSPS) is 11.0. The van der Waals surface area contributed by atoms with Crippen molar-refractivity contribution >= 4 is 40.3 Å². The lowest BCUT2D eigenvalue weighted by atomic mass is 10.1. The number of carbonyl (C=O) groups excluding carboxylic acids is 1. The number of likely N-dealkylation sites (N-methyl/N-ethyl adjacent to an activating group) is 1. The van der Waals surface area contributed by atoms with E-state index in [0.29, 0.717) is 30.3 Å². The van der Waals surface area contributed by atoms with Crippen LogP contribution in [0.2, 0.25) is 5.02 Å². The van der Waals surface area contributed by atoms with E-state index in [1.807, 2.05) is 48.5 Å². The summed E-state index contributed by atoms with van der Waals surface area (Å²) < 4.78 is 16.0. The smallest absolute Gasteiger partial charge is 0.310 e. The largest absolute Gasteiger partial charge is 0.492 e. The lowest BCUT2D eigenvalue weighted by Crippen LogP contribution is -2.27. The van der Waals surface area contributed by atoms with Crippen LogP contribution < -0.4 is 9.64 Å². The second kappa shape index (κ2) is 16.1. The fraction of sp³-hybridized carbons (Fsp3) is 0.321. The third-order valence-corrected chi connectivity index (χ3v) is 5.94. The maximum atomic E-state index is 11.9. The first-order valence-electron chi connectivity index (χ1n) is 12.7. The highest BCUT2D eigenvalue weighted by atomic mass is 35.5. The van der Waals surface area contributed by atoms with Crippen molar-refractivity contribution in [3.8, 4) is 5.75 Å². The molecule has 0 fully saturated rings. The van der Waals surface area contributed by atoms with Gasteiger partial charge in [0.25, 0.3) is 5.69 Å². The Labute approximate surface area is 237 Å². The van der Waals surface area contributed by atoms with Gasteiger partial charge in [0.2, 0.25) is 0 Å². The first-order chi connectivity index (χ1) is 19.4. The zero-order valence-electron chi connectivity index (χ0n) is 22.1. The average molecular weight is 571 g/mol. The van der Waals surface area contributed by atoms with Gasteiger partial charge in [-0.2, -0.15) is 5.11 Å². The molecule has 0 spiro atoms. The van der Waals surface area contributed by atoms with Gasteiger partial charge in [0.05, 0.1) is 48.4 Å². The van der Waals surface area contributed by atoms with Crippen LogP contribution in [0.25, 0.3) is 0 Å². The summed E-state index contributed by atoms with van der Waals surface area (Å²) in [6.45, 7) is 4.50. The highest BCUT2D eigenvalue weighted by molar-refractivity contribution is 6.33. The first-order valence-corrected chi connectivity index (χ1v) is 13.0. The number of nitrogens with zero attached hydrogens (tertiary/aromatic N) is 4. The summed E-state index contributed by atoms with van der Waals surface area (Å²) in [6, 6.07) is 18.8. The molecule has 40 heavy (non-hydrogen) atoms. The van der Waals surface area contributed by atoms with Gasteiger partial charge in [-0.05, 0) is 55.0 Å². The van der Waals surface area contributed by atoms with Crippen LogP contribution in [-0.2, 0) is 20.7 Å². The minimum Gasteiger partial charge on any atom is -0.492 e. The predicted octanol–water partition coefficient (Wildman–Crippen LogP) is 5.66. The molecule has 1 N–H and O–H groups in total. The summed E-state index contributed by atoms with van der Waals surface area (Å²) in [7, 11) is 0. The van der Waals surface area contributed by atoms with Crippen LogP contribution in [0.15, 0.2) is 77.0 Å². The number of carbonyl (C=O) groups is 1. The second-order valence-electron chi connectivity index (χ2n) is 8.41. The molecule has 0 saturated heterocycles. The molecule has 3 rings (SSSR count). The molecule has 0 radical (unpaired) electrons. The number of esters is 1. The van der Waals surface area contributed by atoms with Gasteiger partial charge in [0.15, 0.2) is 0 Å². The fourth-order valence-corrected chi connectivity index (χ4v) is 3.79. The molecule has 11 nitrogen and oxygen atoms in total. The molecule has 3 aromatic carbocycles. The molecule has 3 aromatic rings.